The lowest BCUT2D eigenvalue weighted by Gasteiger charge is -1.98. The van der Waals surface area contributed by atoms with Gasteiger partial charge in [-0.1, -0.05) is 52.5 Å². The summed E-state index contributed by atoms with van der Waals surface area (Å²) in [5.74, 6) is 0. The summed E-state index contributed by atoms with van der Waals surface area (Å²) in [4.78, 5) is 0. The van der Waals surface area contributed by atoms with E-state index in [1.54, 1.807) is 6.08 Å². The highest BCUT2D eigenvalue weighted by Gasteiger charge is 1.94. The third-order valence-corrected chi connectivity index (χ3v) is 1.02. The van der Waals surface area contributed by atoms with Crippen molar-refractivity contribution in [3.8, 4) is 0 Å². The zero-order valence-electron chi connectivity index (χ0n) is 8.52. The maximum Gasteiger partial charge on any atom is 0.0606 e. The molecule has 0 atom stereocenters. The first-order chi connectivity index (χ1) is 5.80. The van der Waals surface area contributed by atoms with Gasteiger partial charge in [0.05, 0.1) is 5.71 Å². The molecule has 0 saturated heterocycles. The van der Waals surface area contributed by atoms with Crippen molar-refractivity contribution in [3.63, 3.8) is 0 Å². The monoisotopic (exact) mass is 165 g/mol. The Bertz CT molecular complexity index is 163. The molecule has 0 radical (unpaired) electrons. The van der Waals surface area contributed by atoms with E-state index in [2.05, 4.69) is 6.58 Å². The predicted octanol–water partition coefficient (Wildman–Crippen LogP) is 3.74. The van der Waals surface area contributed by atoms with Gasteiger partial charge in [0.2, 0.25) is 0 Å². The van der Waals surface area contributed by atoms with Crippen molar-refractivity contribution in [2.24, 2.45) is 0 Å². The lowest BCUT2D eigenvalue weighted by molar-refractivity contribution is 1.50. The van der Waals surface area contributed by atoms with Crippen LogP contribution in [0.2, 0.25) is 0 Å². The number of hydrogen-bond acceptors (Lipinski definition) is 1. The summed E-state index contributed by atoms with van der Waals surface area (Å²) in [6, 6.07) is 0. The molecular weight excluding hydrogens is 146 g/mol. The standard InChI is InChI=1S/C7H7N.2C2H6/c1-6-4-2-3-5-7(6)8;2*1-2/h2-5,8H,1H2;2*1-2H3. The van der Waals surface area contributed by atoms with Gasteiger partial charge in [-0.3, -0.25) is 0 Å². The Hall–Kier alpha value is -1.11. The van der Waals surface area contributed by atoms with Gasteiger partial charge in [0.25, 0.3) is 0 Å². The molecule has 0 fully saturated rings. The first-order valence-corrected chi connectivity index (χ1v) is 4.43. The summed E-state index contributed by atoms with van der Waals surface area (Å²) in [5, 5.41) is 7.16. The number of hydrogen-bond donors (Lipinski definition) is 1. The average molecular weight is 165 g/mol. The molecular formula is C11H19N. The summed E-state index contributed by atoms with van der Waals surface area (Å²) in [6.07, 6.45) is 7.25. The highest BCUT2D eigenvalue weighted by Crippen LogP contribution is 2.02. The second kappa shape index (κ2) is 9.89. The first kappa shape index (κ1) is 13.5. The van der Waals surface area contributed by atoms with Crippen LogP contribution in [-0.2, 0) is 0 Å². The minimum Gasteiger partial charge on any atom is -0.300 e. The molecule has 1 rings (SSSR count). The van der Waals surface area contributed by atoms with Crippen LogP contribution < -0.4 is 0 Å². The minimum absolute atomic E-state index is 0.507. The first-order valence-electron chi connectivity index (χ1n) is 4.43. The Balaban J connectivity index is 0. The summed E-state index contributed by atoms with van der Waals surface area (Å²) in [5.41, 5.74) is 1.29. The van der Waals surface area contributed by atoms with Gasteiger partial charge in [-0.2, -0.15) is 0 Å². The van der Waals surface area contributed by atoms with Gasteiger partial charge in [-0.15, -0.1) is 0 Å². The second-order valence-electron chi connectivity index (χ2n) is 1.66. The van der Waals surface area contributed by atoms with Crippen molar-refractivity contribution in [1.82, 2.24) is 0 Å². The molecule has 0 heterocycles. The molecule has 1 N–H and O–H groups in total. The number of allylic oxidation sites excluding steroid dienone is 5. The van der Waals surface area contributed by atoms with Gasteiger partial charge in [0, 0.05) is 0 Å². The topological polar surface area (TPSA) is 23.9 Å². The third kappa shape index (κ3) is 5.66. The van der Waals surface area contributed by atoms with Crippen LogP contribution in [0, 0.1) is 5.41 Å². The molecule has 12 heavy (non-hydrogen) atoms. The van der Waals surface area contributed by atoms with Gasteiger partial charge in [0.1, 0.15) is 0 Å². The van der Waals surface area contributed by atoms with Crippen LogP contribution in [0.4, 0.5) is 0 Å². The maximum atomic E-state index is 7.16. The molecule has 0 amide bonds. The Morgan fingerprint density at radius 1 is 1.00 bits per heavy atom. The smallest absolute Gasteiger partial charge is 0.0606 e. The van der Waals surface area contributed by atoms with E-state index in [0.29, 0.717) is 5.71 Å². The zero-order chi connectivity index (χ0) is 9.98. The van der Waals surface area contributed by atoms with Crippen LogP contribution in [0.5, 0.6) is 0 Å². The summed E-state index contributed by atoms with van der Waals surface area (Å²) >= 11 is 0. The van der Waals surface area contributed by atoms with Crippen LogP contribution in [0.3, 0.4) is 0 Å². The molecule has 0 aromatic rings. The third-order valence-electron chi connectivity index (χ3n) is 1.02. The Morgan fingerprint density at radius 2 is 1.42 bits per heavy atom. The number of nitrogens with one attached hydrogen (secondary N) is 1. The van der Waals surface area contributed by atoms with E-state index in [-0.39, 0.29) is 0 Å². The fraction of sp³-hybridized carbons (Fsp3) is 0.364. The molecule has 1 aliphatic rings. The molecule has 0 aromatic heterocycles. The van der Waals surface area contributed by atoms with Gasteiger partial charge in [-0.05, 0) is 11.6 Å². The molecule has 1 aliphatic carbocycles. The maximum absolute atomic E-state index is 7.16. The molecule has 0 unspecified atom stereocenters. The van der Waals surface area contributed by atoms with E-state index < -0.39 is 0 Å². The van der Waals surface area contributed by atoms with Crippen LogP contribution in [0.15, 0.2) is 36.5 Å². The predicted molar refractivity (Wildman–Crippen MR) is 57.8 cm³/mol. The van der Waals surface area contributed by atoms with E-state index >= 15 is 0 Å². The second-order valence-corrected chi connectivity index (χ2v) is 1.66. The fourth-order valence-electron chi connectivity index (χ4n) is 0.520. The lowest BCUT2D eigenvalue weighted by Crippen LogP contribution is -1.94. The molecule has 0 saturated carbocycles. The summed E-state index contributed by atoms with van der Waals surface area (Å²) in [6.45, 7) is 11.6. The van der Waals surface area contributed by atoms with Crippen LogP contribution in [0.1, 0.15) is 27.7 Å². The van der Waals surface area contributed by atoms with Crippen LogP contribution in [0.25, 0.3) is 0 Å². The number of rotatable bonds is 0. The highest BCUT2D eigenvalue weighted by atomic mass is 14.4. The molecule has 0 aliphatic heterocycles. The lowest BCUT2D eigenvalue weighted by atomic mass is 10.1. The molecule has 68 valence electrons. The minimum atomic E-state index is 0.507. The van der Waals surface area contributed by atoms with Crippen molar-refractivity contribution >= 4 is 5.71 Å². The largest absolute Gasteiger partial charge is 0.300 e. The molecule has 1 nitrogen and oxygen atoms in total. The molecule has 0 bridgehead atoms. The quantitative estimate of drug-likeness (QED) is 0.565. The van der Waals surface area contributed by atoms with Gasteiger partial charge in [0.15, 0.2) is 0 Å². The van der Waals surface area contributed by atoms with Crippen LogP contribution in [-0.4, -0.2) is 5.71 Å². The Morgan fingerprint density at radius 3 is 1.67 bits per heavy atom. The van der Waals surface area contributed by atoms with E-state index in [9.17, 15) is 0 Å². The van der Waals surface area contributed by atoms with Crippen molar-refractivity contribution in [2.75, 3.05) is 0 Å². The van der Waals surface area contributed by atoms with E-state index in [0.717, 1.165) is 5.57 Å². The molecule has 0 spiro atoms. The normalized spacial score (nSPS) is 12.7. The van der Waals surface area contributed by atoms with Gasteiger partial charge in [-0.25, -0.2) is 0 Å². The summed E-state index contributed by atoms with van der Waals surface area (Å²) < 4.78 is 0. The highest BCUT2D eigenvalue weighted by molar-refractivity contribution is 6.08. The fourth-order valence-corrected chi connectivity index (χ4v) is 0.520. The Labute approximate surface area is 76.0 Å². The molecule has 1 heteroatoms. The average Bonchev–Trinajstić information content (AvgIpc) is 2.17. The van der Waals surface area contributed by atoms with E-state index in [1.807, 2.05) is 45.9 Å². The van der Waals surface area contributed by atoms with E-state index in [4.69, 9.17) is 5.41 Å². The van der Waals surface area contributed by atoms with Crippen molar-refractivity contribution < 1.29 is 0 Å². The SMILES string of the molecule is C=C1C=CC=CC1=N.CC.CC. The van der Waals surface area contributed by atoms with E-state index in [1.165, 1.54) is 0 Å². The van der Waals surface area contributed by atoms with Crippen molar-refractivity contribution in [3.05, 3.63) is 36.5 Å². The Kier molecular flexibility index (Phi) is 11.1. The zero-order valence-corrected chi connectivity index (χ0v) is 8.52. The van der Waals surface area contributed by atoms with Crippen molar-refractivity contribution in [1.29, 1.82) is 5.41 Å². The van der Waals surface area contributed by atoms with Crippen LogP contribution >= 0.6 is 0 Å². The summed E-state index contributed by atoms with van der Waals surface area (Å²) in [7, 11) is 0. The van der Waals surface area contributed by atoms with Gasteiger partial charge < -0.3 is 5.41 Å². The molecule has 0 aromatic carbocycles. The van der Waals surface area contributed by atoms with Gasteiger partial charge >= 0.3 is 0 Å². The van der Waals surface area contributed by atoms with Crippen molar-refractivity contribution in [2.45, 2.75) is 27.7 Å².